The number of hydrogen-bond acceptors (Lipinski definition) is 3. The highest BCUT2D eigenvalue weighted by Crippen LogP contribution is 2.44. The van der Waals surface area contributed by atoms with Crippen LogP contribution >= 0.6 is 11.8 Å². The first-order valence-corrected chi connectivity index (χ1v) is 7.65. The van der Waals surface area contributed by atoms with Gasteiger partial charge in [-0.2, -0.15) is 0 Å². The van der Waals surface area contributed by atoms with Gasteiger partial charge in [-0.15, -0.1) is 0 Å². The second-order valence-electron chi connectivity index (χ2n) is 4.93. The minimum Gasteiger partial charge on any atom is -0.442 e. The Morgan fingerprint density at radius 2 is 1.62 bits per heavy atom. The van der Waals surface area contributed by atoms with E-state index < -0.39 is 0 Å². The lowest BCUT2D eigenvalue weighted by Crippen LogP contribution is -2.16. The number of carbonyl (C=O) groups is 1. The van der Waals surface area contributed by atoms with Crippen molar-refractivity contribution in [2.24, 2.45) is 0 Å². The van der Waals surface area contributed by atoms with Crippen LogP contribution in [0.1, 0.15) is 21.4 Å². The molecule has 0 N–H and O–H groups in total. The lowest BCUT2D eigenvalue weighted by Gasteiger charge is -2.25. The van der Waals surface area contributed by atoms with E-state index in [-0.39, 0.29) is 11.4 Å². The van der Waals surface area contributed by atoms with Crippen molar-refractivity contribution in [1.29, 1.82) is 0 Å². The predicted molar refractivity (Wildman–Crippen MR) is 84.4 cm³/mol. The molecule has 3 aromatic carbocycles. The molecule has 0 amide bonds. The first-order valence-electron chi connectivity index (χ1n) is 6.77. The van der Waals surface area contributed by atoms with Gasteiger partial charge in [-0.25, -0.2) is 4.79 Å². The third-order valence-corrected chi connectivity index (χ3v) is 4.79. The third kappa shape index (κ3) is 2.10. The molecule has 0 saturated heterocycles. The molecule has 3 aromatic rings. The van der Waals surface area contributed by atoms with Crippen molar-refractivity contribution < 1.29 is 9.53 Å². The second-order valence-corrected chi connectivity index (χ2v) is 6.03. The summed E-state index contributed by atoms with van der Waals surface area (Å²) in [6.45, 7) is 0. The van der Waals surface area contributed by atoms with Gasteiger partial charge in [0.05, 0.1) is 5.56 Å². The van der Waals surface area contributed by atoms with Gasteiger partial charge in [0.2, 0.25) is 0 Å². The largest absolute Gasteiger partial charge is 0.442 e. The number of rotatable bonds is 1. The van der Waals surface area contributed by atoms with Crippen LogP contribution in [0.15, 0.2) is 71.6 Å². The fraction of sp³-hybridized carbons (Fsp3) is 0.0556. The molecular formula is C18H12O2S. The van der Waals surface area contributed by atoms with Gasteiger partial charge in [0.15, 0.2) is 5.44 Å². The van der Waals surface area contributed by atoms with Crippen LogP contribution in [0.2, 0.25) is 0 Å². The van der Waals surface area contributed by atoms with Crippen molar-refractivity contribution in [1.82, 2.24) is 0 Å². The zero-order valence-electron chi connectivity index (χ0n) is 11.2. The summed E-state index contributed by atoms with van der Waals surface area (Å²) >= 11 is 1.59. The average Bonchev–Trinajstić information content (AvgIpc) is 2.55. The summed E-state index contributed by atoms with van der Waals surface area (Å²) in [5.74, 6) is -0.241. The van der Waals surface area contributed by atoms with Crippen LogP contribution in [0.4, 0.5) is 0 Å². The molecule has 0 aromatic heterocycles. The molecule has 0 fully saturated rings. The molecule has 1 aliphatic rings. The number of benzene rings is 3. The molecule has 1 atom stereocenters. The highest BCUT2D eigenvalue weighted by atomic mass is 32.2. The summed E-state index contributed by atoms with van der Waals surface area (Å²) in [6, 6.07) is 21.8. The summed E-state index contributed by atoms with van der Waals surface area (Å²) < 4.78 is 5.63. The summed E-state index contributed by atoms with van der Waals surface area (Å²) in [4.78, 5) is 13.4. The quantitative estimate of drug-likeness (QED) is 0.603. The van der Waals surface area contributed by atoms with Crippen molar-refractivity contribution in [3.8, 4) is 0 Å². The highest BCUT2D eigenvalue weighted by molar-refractivity contribution is 7.99. The molecule has 1 heterocycles. The van der Waals surface area contributed by atoms with Gasteiger partial charge in [0.1, 0.15) is 0 Å². The molecule has 102 valence electrons. The van der Waals surface area contributed by atoms with E-state index in [0.717, 1.165) is 21.2 Å². The fourth-order valence-electron chi connectivity index (χ4n) is 2.60. The van der Waals surface area contributed by atoms with E-state index in [0.29, 0.717) is 5.56 Å². The first-order chi connectivity index (χ1) is 10.3. The van der Waals surface area contributed by atoms with Gasteiger partial charge >= 0.3 is 5.97 Å². The van der Waals surface area contributed by atoms with E-state index in [2.05, 4.69) is 6.07 Å². The standard InChI is InChI=1S/C18H12O2S/c19-17-16-14-9-5-4-6-12(14)10-11-15(16)21-18(20-17)13-7-2-1-3-8-13/h1-11,18H. The topological polar surface area (TPSA) is 26.3 Å². The lowest BCUT2D eigenvalue weighted by atomic mass is 10.0. The van der Waals surface area contributed by atoms with E-state index in [1.54, 1.807) is 11.8 Å². The van der Waals surface area contributed by atoms with Gasteiger partial charge in [0, 0.05) is 10.5 Å². The molecule has 1 unspecified atom stereocenters. The summed E-state index contributed by atoms with van der Waals surface area (Å²) in [7, 11) is 0. The number of cyclic esters (lactones) is 1. The van der Waals surface area contributed by atoms with Crippen molar-refractivity contribution in [2.75, 3.05) is 0 Å². The van der Waals surface area contributed by atoms with Crippen LogP contribution in [-0.4, -0.2) is 5.97 Å². The maximum absolute atomic E-state index is 12.4. The Bertz CT molecular complexity index is 827. The summed E-state index contributed by atoms with van der Waals surface area (Å²) in [5, 5.41) is 2.02. The Labute approximate surface area is 126 Å². The maximum Gasteiger partial charge on any atom is 0.341 e. The van der Waals surface area contributed by atoms with E-state index >= 15 is 0 Å². The van der Waals surface area contributed by atoms with Gasteiger partial charge in [-0.1, -0.05) is 72.4 Å². The van der Waals surface area contributed by atoms with E-state index in [4.69, 9.17) is 4.74 Å². The molecule has 4 rings (SSSR count). The lowest BCUT2D eigenvalue weighted by molar-refractivity contribution is 0.0442. The monoisotopic (exact) mass is 292 g/mol. The fourth-order valence-corrected chi connectivity index (χ4v) is 3.72. The average molecular weight is 292 g/mol. The normalized spacial score (nSPS) is 17.3. The summed E-state index contributed by atoms with van der Waals surface area (Å²) in [6.07, 6.45) is 0. The molecule has 0 spiro atoms. The molecule has 0 saturated carbocycles. The number of hydrogen-bond donors (Lipinski definition) is 0. The minimum atomic E-state index is -0.271. The Kier molecular flexibility index (Phi) is 2.93. The molecule has 0 radical (unpaired) electrons. The van der Waals surface area contributed by atoms with Gasteiger partial charge in [-0.3, -0.25) is 0 Å². The third-order valence-electron chi connectivity index (χ3n) is 3.61. The Hall–Kier alpha value is -2.26. The SMILES string of the molecule is O=C1OC(c2ccccc2)Sc2ccc3ccccc3c21. The van der Waals surface area contributed by atoms with E-state index in [1.165, 1.54) is 0 Å². The number of carbonyl (C=O) groups excluding carboxylic acids is 1. The Balaban J connectivity index is 1.83. The molecule has 1 aliphatic heterocycles. The van der Waals surface area contributed by atoms with Crippen LogP contribution in [-0.2, 0) is 4.74 Å². The predicted octanol–water partition coefficient (Wildman–Crippen LogP) is 4.80. The smallest absolute Gasteiger partial charge is 0.341 e. The molecule has 0 bridgehead atoms. The van der Waals surface area contributed by atoms with Crippen LogP contribution in [0, 0.1) is 0 Å². The number of ether oxygens (including phenoxy) is 1. The zero-order chi connectivity index (χ0) is 14.2. The molecule has 2 nitrogen and oxygen atoms in total. The van der Waals surface area contributed by atoms with Crippen molar-refractivity contribution in [3.63, 3.8) is 0 Å². The molecule has 0 aliphatic carbocycles. The van der Waals surface area contributed by atoms with Gasteiger partial charge in [-0.05, 0) is 16.8 Å². The zero-order valence-corrected chi connectivity index (χ0v) is 12.0. The van der Waals surface area contributed by atoms with Crippen molar-refractivity contribution >= 4 is 28.5 Å². The van der Waals surface area contributed by atoms with E-state index in [1.807, 2.05) is 60.7 Å². The molecular weight excluding hydrogens is 280 g/mol. The van der Waals surface area contributed by atoms with Crippen LogP contribution in [0.25, 0.3) is 10.8 Å². The molecule has 3 heteroatoms. The second kappa shape index (κ2) is 4.93. The van der Waals surface area contributed by atoms with Gasteiger partial charge in [0.25, 0.3) is 0 Å². The number of fused-ring (bicyclic) bond motifs is 3. The van der Waals surface area contributed by atoms with Crippen LogP contribution in [0.3, 0.4) is 0 Å². The highest BCUT2D eigenvalue weighted by Gasteiger charge is 2.29. The minimum absolute atomic E-state index is 0.241. The first kappa shape index (κ1) is 12.5. The molecule has 21 heavy (non-hydrogen) atoms. The van der Waals surface area contributed by atoms with Crippen molar-refractivity contribution in [3.05, 3.63) is 77.9 Å². The van der Waals surface area contributed by atoms with Crippen LogP contribution in [0.5, 0.6) is 0 Å². The van der Waals surface area contributed by atoms with Crippen LogP contribution < -0.4 is 0 Å². The Morgan fingerprint density at radius 3 is 2.48 bits per heavy atom. The number of esters is 1. The van der Waals surface area contributed by atoms with Gasteiger partial charge < -0.3 is 4.74 Å². The van der Waals surface area contributed by atoms with Crippen molar-refractivity contribution in [2.45, 2.75) is 10.3 Å². The maximum atomic E-state index is 12.4. The number of thioether (sulfide) groups is 1. The summed E-state index contributed by atoms with van der Waals surface area (Å²) in [5.41, 5.74) is 1.42. The van der Waals surface area contributed by atoms with E-state index in [9.17, 15) is 4.79 Å². The Morgan fingerprint density at radius 1 is 0.857 bits per heavy atom.